The Morgan fingerprint density at radius 1 is 1.07 bits per heavy atom. The van der Waals surface area contributed by atoms with E-state index in [2.05, 4.69) is 26.0 Å². The summed E-state index contributed by atoms with van der Waals surface area (Å²) in [6.07, 6.45) is 10.9. The minimum Gasteiger partial charge on any atom is -0.451 e. The molecule has 3 unspecified atom stereocenters. The van der Waals surface area contributed by atoms with Crippen LogP contribution in [0.2, 0.25) is 0 Å². The summed E-state index contributed by atoms with van der Waals surface area (Å²) in [5.41, 5.74) is -0.00957. The maximum absolute atomic E-state index is 12.8. The second-order valence-electron chi connectivity index (χ2n) is 10.4. The zero-order valence-corrected chi connectivity index (χ0v) is 17.3. The van der Waals surface area contributed by atoms with E-state index < -0.39 is 5.60 Å². The molecule has 0 aromatic rings. The molecule has 5 aliphatic carbocycles. The lowest BCUT2D eigenvalue weighted by Crippen LogP contribution is -2.58. The van der Waals surface area contributed by atoms with Gasteiger partial charge in [-0.2, -0.15) is 0 Å². The smallest absolute Gasteiger partial charge is 0.303 e. The largest absolute Gasteiger partial charge is 0.451 e. The van der Waals surface area contributed by atoms with Crippen LogP contribution in [0.5, 0.6) is 0 Å². The van der Waals surface area contributed by atoms with Crippen LogP contribution in [0.15, 0.2) is 23.8 Å². The topological polar surface area (TPSA) is 60.4 Å². The van der Waals surface area contributed by atoms with Crippen molar-refractivity contribution in [2.24, 2.45) is 40.4 Å². The molecular weight excluding hydrogens is 352 g/mol. The van der Waals surface area contributed by atoms with E-state index in [0.29, 0.717) is 35.9 Å². The SMILES string of the molecule is CC(=O)O[C@@]1(C(C)=O)CCC2C3C=CC4=CC(=O)[C@H]5C[C@H]5[C@@]4(C)C3CC[C@]21C. The van der Waals surface area contributed by atoms with Crippen LogP contribution in [0.3, 0.4) is 0 Å². The normalized spacial score (nSPS) is 50.6. The second kappa shape index (κ2) is 5.46. The Labute approximate surface area is 166 Å². The average Bonchev–Trinajstić information content (AvgIpc) is 3.37. The van der Waals surface area contributed by atoms with Gasteiger partial charge < -0.3 is 4.74 Å². The molecule has 8 atom stereocenters. The standard InChI is InChI=1S/C24H30O4/c1-13(25)24(28-14(2)26)10-8-18-16-6-5-15-11-21(27)17-12-20(17)23(15,4)19(16)7-9-22(18,24)3/h5-6,11,16-20H,7-10,12H2,1-4H3/t16?,17-,18?,19?,20+,22+,23+,24+/m0/s1. The molecule has 3 saturated carbocycles. The van der Waals surface area contributed by atoms with Gasteiger partial charge in [0.25, 0.3) is 0 Å². The average molecular weight is 383 g/mol. The van der Waals surface area contributed by atoms with E-state index in [1.807, 2.05) is 6.08 Å². The van der Waals surface area contributed by atoms with Gasteiger partial charge in [-0.1, -0.05) is 26.0 Å². The third-order valence-corrected chi connectivity index (χ3v) is 9.45. The van der Waals surface area contributed by atoms with Crippen molar-refractivity contribution in [3.05, 3.63) is 23.8 Å². The summed E-state index contributed by atoms with van der Waals surface area (Å²) >= 11 is 0. The second-order valence-corrected chi connectivity index (χ2v) is 10.4. The summed E-state index contributed by atoms with van der Waals surface area (Å²) in [7, 11) is 0. The van der Waals surface area contributed by atoms with E-state index >= 15 is 0 Å². The highest BCUT2D eigenvalue weighted by molar-refractivity contribution is 5.97. The number of allylic oxidation sites excluding steroid dienone is 4. The third-order valence-electron chi connectivity index (χ3n) is 9.45. The Bertz CT molecular complexity index is 853. The van der Waals surface area contributed by atoms with E-state index in [0.717, 1.165) is 25.7 Å². The summed E-state index contributed by atoms with van der Waals surface area (Å²) in [6.45, 7) is 7.55. The van der Waals surface area contributed by atoms with Crippen LogP contribution >= 0.6 is 0 Å². The van der Waals surface area contributed by atoms with Gasteiger partial charge in [-0.25, -0.2) is 0 Å². The fraction of sp³-hybridized carbons (Fsp3) is 0.708. The minimum absolute atomic E-state index is 0.0109. The predicted octanol–water partition coefficient (Wildman–Crippen LogP) is 4.04. The molecule has 0 aromatic carbocycles. The molecule has 150 valence electrons. The molecule has 0 spiro atoms. The van der Waals surface area contributed by atoms with Gasteiger partial charge >= 0.3 is 5.97 Å². The van der Waals surface area contributed by atoms with Gasteiger partial charge in [0.05, 0.1) is 0 Å². The number of carbonyl (C=O) groups is 3. The summed E-state index contributed by atoms with van der Waals surface area (Å²) in [5, 5.41) is 0. The van der Waals surface area contributed by atoms with Crippen LogP contribution in [0, 0.1) is 40.4 Å². The van der Waals surface area contributed by atoms with Crippen LogP contribution in [-0.4, -0.2) is 23.1 Å². The number of ether oxygens (including phenoxy) is 1. The molecule has 3 fully saturated rings. The van der Waals surface area contributed by atoms with E-state index in [1.165, 1.54) is 12.5 Å². The molecule has 0 bridgehead atoms. The van der Waals surface area contributed by atoms with Crippen molar-refractivity contribution in [1.29, 1.82) is 0 Å². The van der Waals surface area contributed by atoms with Gasteiger partial charge in [-0.05, 0) is 79.8 Å². The van der Waals surface area contributed by atoms with E-state index in [4.69, 9.17) is 4.74 Å². The zero-order valence-electron chi connectivity index (χ0n) is 17.3. The molecule has 5 rings (SSSR count). The number of Topliss-reactive ketones (excluding diaryl/α,β-unsaturated/α-hetero) is 1. The summed E-state index contributed by atoms with van der Waals surface area (Å²) in [4.78, 5) is 37.0. The van der Waals surface area contributed by atoms with Crippen LogP contribution in [0.1, 0.15) is 59.8 Å². The number of rotatable bonds is 2. The Morgan fingerprint density at radius 2 is 1.79 bits per heavy atom. The number of carbonyl (C=O) groups excluding carboxylic acids is 3. The van der Waals surface area contributed by atoms with Crippen molar-refractivity contribution in [3.8, 4) is 0 Å². The maximum Gasteiger partial charge on any atom is 0.303 e. The van der Waals surface area contributed by atoms with Crippen LogP contribution < -0.4 is 0 Å². The fourth-order valence-corrected chi connectivity index (χ4v) is 7.96. The quantitative estimate of drug-likeness (QED) is 0.676. The number of esters is 1. The molecule has 0 N–H and O–H groups in total. The summed E-state index contributed by atoms with van der Waals surface area (Å²) in [5.74, 6) is 1.87. The van der Waals surface area contributed by atoms with Gasteiger partial charge in [0.2, 0.25) is 0 Å². The lowest BCUT2D eigenvalue weighted by atomic mass is 9.47. The number of hydrogen-bond donors (Lipinski definition) is 0. The lowest BCUT2D eigenvalue weighted by Gasteiger charge is -2.57. The maximum atomic E-state index is 12.8. The van der Waals surface area contributed by atoms with Gasteiger partial charge in [0.1, 0.15) is 0 Å². The summed E-state index contributed by atoms with van der Waals surface area (Å²) < 4.78 is 5.82. The van der Waals surface area contributed by atoms with Crippen molar-refractivity contribution in [2.45, 2.75) is 65.4 Å². The third kappa shape index (κ3) is 1.99. The Kier molecular flexibility index (Phi) is 3.57. The van der Waals surface area contributed by atoms with Crippen molar-refractivity contribution in [3.63, 3.8) is 0 Å². The molecule has 28 heavy (non-hydrogen) atoms. The first-order valence-electron chi connectivity index (χ1n) is 10.8. The van der Waals surface area contributed by atoms with Gasteiger partial charge in [0.15, 0.2) is 17.2 Å². The van der Waals surface area contributed by atoms with Gasteiger partial charge in [0, 0.05) is 18.3 Å². The first-order chi connectivity index (χ1) is 13.1. The minimum atomic E-state index is -0.982. The highest BCUT2D eigenvalue weighted by Gasteiger charge is 2.69. The molecule has 0 radical (unpaired) electrons. The van der Waals surface area contributed by atoms with Crippen molar-refractivity contribution in [2.75, 3.05) is 0 Å². The number of fused-ring (bicyclic) bond motifs is 7. The zero-order chi connectivity index (χ0) is 20.1. The van der Waals surface area contributed by atoms with E-state index in [9.17, 15) is 14.4 Å². The molecule has 0 aromatic heterocycles. The predicted molar refractivity (Wildman–Crippen MR) is 104 cm³/mol. The Hall–Kier alpha value is -1.71. The molecule has 0 aliphatic heterocycles. The molecular formula is C24H30O4. The first kappa shape index (κ1) is 18.3. The Balaban J connectivity index is 1.56. The van der Waals surface area contributed by atoms with Crippen molar-refractivity contribution in [1.82, 2.24) is 0 Å². The number of ketones is 2. The molecule has 0 saturated heterocycles. The van der Waals surface area contributed by atoms with Gasteiger partial charge in [-0.15, -0.1) is 0 Å². The molecule has 4 heteroatoms. The first-order valence-corrected chi connectivity index (χ1v) is 10.8. The molecule has 4 nitrogen and oxygen atoms in total. The van der Waals surface area contributed by atoms with Crippen molar-refractivity contribution >= 4 is 17.5 Å². The number of hydrogen-bond acceptors (Lipinski definition) is 4. The molecule has 5 aliphatic rings. The summed E-state index contributed by atoms with van der Waals surface area (Å²) in [6, 6.07) is 0. The highest BCUT2D eigenvalue weighted by Crippen LogP contribution is 2.71. The van der Waals surface area contributed by atoms with E-state index in [-0.39, 0.29) is 28.5 Å². The van der Waals surface area contributed by atoms with Gasteiger partial charge in [-0.3, -0.25) is 14.4 Å². The van der Waals surface area contributed by atoms with E-state index in [1.54, 1.807) is 6.92 Å². The molecule has 0 amide bonds. The fourth-order valence-electron chi connectivity index (χ4n) is 7.96. The van der Waals surface area contributed by atoms with Crippen LogP contribution in [-0.2, 0) is 19.1 Å². The lowest BCUT2D eigenvalue weighted by molar-refractivity contribution is -0.185. The van der Waals surface area contributed by atoms with Crippen LogP contribution in [0.4, 0.5) is 0 Å². The molecule has 0 heterocycles. The highest BCUT2D eigenvalue weighted by atomic mass is 16.6. The Morgan fingerprint density at radius 3 is 2.46 bits per heavy atom. The van der Waals surface area contributed by atoms with Crippen molar-refractivity contribution < 1.29 is 19.1 Å². The van der Waals surface area contributed by atoms with Crippen LogP contribution in [0.25, 0.3) is 0 Å². The monoisotopic (exact) mass is 382 g/mol.